The van der Waals surface area contributed by atoms with Gasteiger partial charge >= 0.3 is 0 Å². The average molecular weight is 325 g/mol. The van der Waals surface area contributed by atoms with Gasteiger partial charge in [0.25, 0.3) is 5.91 Å². The van der Waals surface area contributed by atoms with E-state index in [4.69, 9.17) is 9.47 Å². The Kier molecular flexibility index (Phi) is 3.59. The van der Waals surface area contributed by atoms with Gasteiger partial charge in [-0.1, -0.05) is 6.07 Å². The van der Waals surface area contributed by atoms with E-state index in [0.29, 0.717) is 17.1 Å². The third-order valence-electron chi connectivity index (χ3n) is 4.99. The molecule has 0 N–H and O–H groups in total. The molecular weight excluding hydrogens is 306 g/mol. The summed E-state index contributed by atoms with van der Waals surface area (Å²) in [7, 11) is 3.13. The zero-order valence-corrected chi connectivity index (χ0v) is 13.7. The van der Waals surface area contributed by atoms with Gasteiger partial charge in [-0.3, -0.25) is 4.79 Å². The van der Waals surface area contributed by atoms with E-state index < -0.39 is 0 Å². The number of methoxy groups -OCH3 is 2. The van der Waals surface area contributed by atoms with Crippen molar-refractivity contribution in [3.8, 4) is 11.5 Å². The fourth-order valence-electron chi connectivity index (χ4n) is 3.93. The molecule has 2 atom stereocenters. The minimum Gasteiger partial charge on any atom is -0.493 e. The zero-order valence-electron chi connectivity index (χ0n) is 13.7. The van der Waals surface area contributed by atoms with Crippen LogP contribution in [0.25, 0.3) is 0 Å². The summed E-state index contributed by atoms with van der Waals surface area (Å²) in [5, 5.41) is 0. The molecule has 0 radical (unpaired) electrons. The Bertz CT molecular complexity index is 793. The van der Waals surface area contributed by atoms with E-state index in [1.165, 1.54) is 0 Å². The van der Waals surface area contributed by atoms with Crippen molar-refractivity contribution in [2.45, 2.75) is 31.3 Å². The van der Waals surface area contributed by atoms with Crippen molar-refractivity contribution < 1.29 is 14.3 Å². The molecular formula is C18H19N3O3. The molecule has 2 aromatic rings. The lowest BCUT2D eigenvalue weighted by atomic mass is 9.98. The van der Waals surface area contributed by atoms with Crippen LogP contribution >= 0.6 is 0 Å². The standard InChI is InChI=1S/C18H19N3O3/c1-23-16-5-3-4-12(17(16)24-2)18(22)21-11-6-7-15(21)13-9-19-10-20-14(13)8-11/h3-5,9-11,15H,6-8H2,1-2H3. The fraction of sp³-hybridized carbons (Fsp3) is 0.389. The predicted molar refractivity (Wildman–Crippen MR) is 87.2 cm³/mol. The fourth-order valence-corrected chi connectivity index (χ4v) is 3.93. The number of fused-ring (bicyclic) bond motifs is 4. The number of rotatable bonds is 3. The Labute approximate surface area is 140 Å². The van der Waals surface area contributed by atoms with Gasteiger partial charge in [-0.15, -0.1) is 0 Å². The Morgan fingerprint density at radius 2 is 2.12 bits per heavy atom. The van der Waals surface area contributed by atoms with Gasteiger partial charge in [0.2, 0.25) is 0 Å². The van der Waals surface area contributed by atoms with Crippen molar-refractivity contribution in [3.63, 3.8) is 0 Å². The van der Waals surface area contributed by atoms with Crippen molar-refractivity contribution in [2.24, 2.45) is 0 Å². The zero-order chi connectivity index (χ0) is 16.7. The molecule has 3 heterocycles. The average Bonchev–Trinajstić information content (AvgIpc) is 2.95. The third-order valence-corrected chi connectivity index (χ3v) is 4.99. The van der Waals surface area contributed by atoms with E-state index in [9.17, 15) is 4.79 Å². The molecule has 6 heteroatoms. The molecule has 1 aromatic carbocycles. The number of ether oxygens (including phenoxy) is 2. The monoisotopic (exact) mass is 325 g/mol. The van der Waals surface area contributed by atoms with E-state index in [1.807, 2.05) is 17.2 Å². The smallest absolute Gasteiger partial charge is 0.258 e. The molecule has 24 heavy (non-hydrogen) atoms. The van der Waals surface area contributed by atoms with Crippen LogP contribution in [0, 0.1) is 0 Å². The van der Waals surface area contributed by atoms with Gasteiger partial charge in [-0.05, 0) is 25.0 Å². The molecule has 2 bridgehead atoms. The van der Waals surface area contributed by atoms with E-state index in [2.05, 4.69) is 9.97 Å². The molecule has 1 amide bonds. The van der Waals surface area contributed by atoms with Crippen LogP contribution < -0.4 is 9.47 Å². The number of benzene rings is 1. The second kappa shape index (κ2) is 5.78. The van der Waals surface area contributed by atoms with Crippen LogP contribution in [-0.4, -0.2) is 41.0 Å². The van der Waals surface area contributed by atoms with Crippen LogP contribution in [0.5, 0.6) is 11.5 Å². The van der Waals surface area contributed by atoms with E-state index in [-0.39, 0.29) is 18.0 Å². The molecule has 2 aliphatic heterocycles. The van der Waals surface area contributed by atoms with Crippen LogP contribution in [0.1, 0.15) is 40.5 Å². The Morgan fingerprint density at radius 1 is 1.25 bits per heavy atom. The molecule has 124 valence electrons. The minimum atomic E-state index is -0.0206. The van der Waals surface area contributed by atoms with Crippen LogP contribution in [0.3, 0.4) is 0 Å². The number of para-hydroxylation sites is 1. The highest BCUT2D eigenvalue weighted by atomic mass is 16.5. The highest BCUT2D eigenvalue weighted by Gasteiger charge is 2.44. The Hall–Kier alpha value is -2.63. The van der Waals surface area contributed by atoms with E-state index in [1.54, 1.807) is 32.7 Å². The van der Waals surface area contributed by atoms with Gasteiger partial charge in [0.15, 0.2) is 11.5 Å². The summed E-state index contributed by atoms with van der Waals surface area (Å²) in [6.45, 7) is 0. The van der Waals surface area contributed by atoms with Gasteiger partial charge in [0, 0.05) is 24.2 Å². The Balaban J connectivity index is 1.74. The van der Waals surface area contributed by atoms with Gasteiger partial charge in [0.1, 0.15) is 6.33 Å². The van der Waals surface area contributed by atoms with Crippen LogP contribution in [0.15, 0.2) is 30.7 Å². The molecule has 6 nitrogen and oxygen atoms in total. The number of aromatic nitrogens is 2. The molecule has 0 aliphatic carbocycles. The molecule has 1 aromatic heterocycles. The molecule has 0 spiro atoms. The second-order valence-corrected chi connectivity index (χ2v) is 6.13. The SMILES string of the molecule is COc1cccc(C(=O)N2C3CCC2c2cncnc2C3)c1OC. The van der Waals surface area contributed by atoms with Crippen LogP contribution in [0.2, 0.25) is 0 Å². The summed E-state index contributed by atoms with van der Waals surface area (Å²) in [4.78, 5) is 23.8. The molecule has 4 rings (SSSR count). The first-order valence-electron chi connectivity index (χ1n) is 8.07. The maximum absolute atomic E-state index is 13.3. The first-order valence-corrected chi connectivity index (χ1v) is 8.07. The number of amides is 1. The number of hydrogen-bond acceptors (Lipinski definition) is 5. The maximum Gasteiger partial charge on any atom is 0.258 e. The number of hydrogen-bond donors (Lipinski definition) is 0. The summed E-state index contributed by atoms with van der Waals surface area (Å²) >= 11 is 0. The molecule has 2 unspecified atom stereocenters. The van der Waals surface area contributed by atoms with Gasteiger partial charge in [-0.25, -0.2) is 9.97 Å². The number of nitrogens with zero attached hydrogens (tertiary/aromatic N) is 3. The Morgan fingerprint density at radius 3 is 2.92 bits per heavy atom. The molecule has 1 fully saturated rings. The van der Waals surface area contributed by atoms with Gasteiger partial charge in [0.05, 0.1) is 31.5 Å². The van der Waals surface area contributed by atoms with E-state index >= 15 is 0 Å². The summed E-state index contributed by atoms with van der Waals surface area (Å²) in [5.74, 6) is 1.03. The topological polar surface area (TPSA) is 64.5 Å². The predicted octanol–water partition coefficient (Wildman–Crippen LogP) is 2.40. The highest BCUT2D eigenvalue weighted by Crippen LogP contribution is 2.44. The minimum absolute atomic E-state index is 0.0206. The van der Waals surface area contributed by atoms with Crippen molar-refractivity contribution in [1.29, 1.82) is 0 Å². The summed E-state index contributed by atoms with van der Waals surface area (Å²) in [6, 6.07) is 5.63. The largest absolute Gasteiger partial charge is 0.493 e. The van der Waals surface area contributed by atoms with Crippen molar-refractivity contribution in [1.82, 2.24) is 14.9 Å². The van der Waals surface area contributed by atoms with Crippen LogP contribution in [-0.2, 0) is 6.42 Å². The van der Waals surface area contributed by atoms with Gasteiger partial charge in [-0.2, -0.15) is 0 Å². The summed E-state index contributed by atoms with van der Waals surface area (Å²) in [5.41, 5.74) is 2.68. The van der Waals surface area contributed by atoms with Crippen molar-refractivity contribution >= 4 is 5.91 Å². The molecule has 1 saturated heterocycles. The van der Waals surface area contributed by atoms with E-state index in [0.717, 1.165) is 30.5 Å². The third kappa shape index (κ3) is 2.13. The first-order chi connectivity index (χ1) is 11.7. The lowest BCUT2D eigenvalue weighted by molar-refractivity contribution is 0.0639. The summed E-state index contributed by atoms with van der Waals surface area (Å²) in [6.07, 6.45) is 6.15. The van der Waals surface area contributed by atoms with Crippen molar-refractivity contribution in [2.75, 3.05) is 14.2 Å². The second-order valence-electron chi connectivity index (χ2n) is 6.13. The lowest BCUT2D eigenvalue weighted by Crippen LogP contribution is -2.42. The molecule has 0 saturated carbocycles. The first kappa shape index (κ1) is 14.9. The van der Waals surface area contributed by atoms with Crippen molar-refractivity contribution in [3.05, 3.63) is 47.5 Å². The number of carbonyl (C=O) groups excluding carboxylic acids is 1. The van der Waals surface area contributed by atoms with Crippen LogP contribution in [0.4, 0.5) is 0 Å². The maximum atomic E-state index is 13.3. The number of carbonyl (C=O) groups is 1. The quantitative estimate of drug-likeness (QED) is 0.867. The summed E-state index contributed by atoms with van der Waals surface area (Å²) < 4.78 is 10.8. The normalized spacial score (nSPS) is 21.3. The highest BCUT2D eigenvalue weighted by molar-refractivity contribution is 5.98. The molecule has 2 aliphatic rings. The van der Waals surface area contributed by atoms with Gasteiger partial charge < -0.3 is 14.4 Å². The lowest BCUT2D eigenvalue weighted by Gasteiger charge is -2.35.